The van der Waals surface area contributed by atoms with Crippen molar-refractivity contribution < 1.29 is 18.7 Å². The zero-order chi connectivity index (χ0) is 21.0. The van der Waals surface area contributed by atoms with Crippen molar-refractivity contribution in [3.8, 4) is 11.1 Å². The zero-order valence-electron chi connectivity index (χ0n) is 17.1. The standard InChI is InChI=1S/C23H27FN2O3/c1-16(2)21(27)26-12-13-29-23(15-26,22(28)25-3)14-18-6-4-5-7-20(18)17-8-10-19(24)11-9-17/h4-11,16H,12-15H2,1-3H3,(H,25,28)/t23-/m1/s1. The number of hydrogen-bond donors (Lipinski definition) is 1. The average Bonchev–Trinajstić information content (AvgIpc) is 2.73. The number of likely N-dealkylation sites (N-methyl/N-ethyl adjacent to an activating group) is 1. The van der Waals surface area contributed by atoms with Crippen molar-refractivity contribution in [2.24, 2.45) is 5.92 Å². The summed E-state index contributed by atoms with van der Waals surface area (Å²) < 4.78 is 19.4. The van der Waals surface area contributed by atoms with Crippen LogP contribution in [0.1, 0.15) is 19.4 Å². The first-order valence-corrected chi connectivity index (χ1v) is 9.85. The summed E-state index contributed by atoms with van der Waals surface area (Å²) in [4.78, 5) is 27.2. The van der Waals surface area contributed by atoms with Gasteiger partial charge in [-0.15, -0.1) is 0 Å². The van der Waals surface area contributed by atoms with Crippen LogP contribution in [0.3, 0.4) is 0 Å². The number of nitrogens with zero attached hydrogens (tertiary/aromatic N) is 1. The van der Waals surface area contributed by atoms with Gasteiger partial charge in [0.15, 0.2) is 5.60 Å². The van der Waals surface area contributed by atoms with E-state index in [4.69, 9.17) is 4.74 Å². The minimum atomic E-state index is -1.17. The Balaban J connectivity index is 1.97. The van der Waals surface area contributed by atoms with E-state index >= 15 is 0 Å². The van der Waals surface area contributed by atoms with Crippen molar-refractivity contribution in [2.75, 3.05) is 26.7 Å². The van der Waals surface area contributed by atoms with E-state index < -0.39 is 5.60 Å². The van der Waals surface area contributed by atoms with E-state index in [-0.39, 0.29) is 30.1 Å². The fourth-order valence-corrected chi connectivity index (χ4v) is 3.78. The van der Waals surface area contributed by atoms with Crippen LogP contribution < -0.4 is 5.32 Å². The Morgan fingerprint density at radius 3 is 2.52 bits per heavy atom. The van der Waals surface area contributed by atoms with Crippen molar-refractivity contribution in [3.05, 3.63) is 59.9 Å². The first-order valence-electron chi connectivity index (χ1n) is 9.85. The molecule has 1 N–H and O–H groups in total. The molecule has 2 amide bonds. The Hall–Kier alpha value is -2.73. The SMILES string of the molecule is CNC(=O)[C@@]1(Cc2ccccc2-c2ccc(F)cc2)CN(C(=O)C(C)C)CCO1. The molecule has 0 aliphatic carbocycles. The van der Waals surface area contributed by atoms with Gasteiger partial charge in [0.05, 0.1) is 13.2 Å². The Morgan fingerprint density at radius 2 is 1.86 bits per heavy atom. The first kappa shape index (κ1) is 21.0. The lowest BCUT2D eigenvalue weighted by molar-refractivity contribution is -0.167. The fourth-order valence-electron chi connectivity index (χ4n) is 3.78. The lowest BCUT2D eigenvalue weighted by atomic mass is 9.87. The molecular weight excluding hydrogens is 371 g/mol. The number of carbonyl (C=O) groups excluding carboxylic acids is 2. The van der Waals surface area contributed by atoms with Crippen LogP contribution in [0.4, 0.5) is 4.39 Å². The maximum atomic E-state index is 13.4. The quantitative estimate of drug-likeness (QED) is 0.842. The molecule has 154 valence electrons. The smallest absolute Gasteiger partial charge is 0.254 e. The molecule has 0 radical (unpaired) electrons. The van der Waals surface area contributed by atoms with Gasteiger partial charge in [-0.05, 0) is 28.8 Å². The highest BCUT2D eigenvalue weighted by molar-refractivity contribution is 5.88. The Kier molecular flexibility index (Phi) is 6.33. The van der Waals surface area contributed by atoms with Gasteiger partial charge < -0.3 is 15.0 Å². The lowest BCUT2D eigenvalue weighted by Crippen LogP contribution is -2.62. The minimum Gasteiger partial charge on any atom is -0.361 e. The molecule has 1 saturated heterocycles. The van der Waals surface area contributed by atoms with Crippen LogP contribution >= 0.6 is 0 Å². The van der Waals surface area contributed by atoms with Crippen molar-refractivity contribution in [1.82, 2.24) is 10.2 Å². The molecule has 2 aromatic carbocycles. The molecule has 5 nitrogen and oxygen atoms in total. The lowest BCUT2D eigenvalue weighted by Gasteiger charge is -2.42. The van der Waals surface area contributed by atoms with Crippen LogP contribution in [0.2, 0.25) is 0 Å². The van der Waals surface area contributed by atoms with E-state index in [1.165, 1.54) is 12.1 Å². The third kappa shape index (κ3) is 4.48. The molecular formula is C23H27FN2O3. The maximum absolute atomic E-state index is 13.4. The number of amides is 2. The van der Waals surface area contributed by atoms with Crippen molar-refractivity contribution >= 4 is 11.8 Å². The number of ether oxygens (including phenoxy) is 1. The molecule has 1 aliphatic heterocycles. The van der Waals surface area contributed by atoms with Gasteiger partial charge in [-0.2, -0.15) is 0 Å². The largest absolute Gasteiger partial charge is 0.361 e. The van der Waals surface area contributed by atoms with Gasteiger partial charge in [-0.3, -0.25) is 9.59 Å². The molecule has 1 heterocycles. The topological polar surface area (TPSA) is 58.6 Å². The predicted molar refractivity (Wildman–Crippen MR) is 110 cm³/mol. The summed E-state index contributed by atoms with van der Waals surface area (Å²) in [5.74, 6) is -0.699. The molecule has 1 fully saturated rings. The minimum absolute atomic E-state index is 0.00778. The molecule has 0 saturated carbocycles. The number of hydrogen-bond acceptors (Lipinski definition) is 3. The molecule has 1 aliphatic rings. The molecule has 6 heteroatoms. The van der Waals surface area contributed by atoms with E-state index in [0.717, 1.165) is 16.7 Å². The monoisotopic (exact) mass is 398 g/mol. The van der Waals surface area contributed by atoms with Crippen molar-refractivity contribution in [1.29, 1.82) is 0 Å². The van der Waals surface area contributed by atoms with Gasteiger partial charge in [0.1, 0.15) is 5.82 Å². The number of rotatable bonds is 5. The van der Waals surface area contributed by atoms with Crippen LogP contribution in [0.25, 0.3) is 11.1 Å². The van der Waals surface area contributed by atoms with Gasteiger partial charge in [-0.1, -0.05) is 50.2 Å². The predicted octanol–water partition coefficient (Wildman–Crippen LogP) is 3.03. The highest BCUT2D eigenvalue weighted by Crippen LogP contribution is 2.31. The molecule has 0 spiro atoms. The van der Waals surface area contributed by atoms with E-state index in [2.05, 4.69) is 5.32 Å². The zero-order valence-corrected chi connectivity index (χ0v) is 17.1. The summed E-state index contributed by atoms with van der Waals surface area (Å²) in [6, 6.07) is 14.0. The van der Waals surface area contributed by atoms with Crippen LogP contribution in [0, 0.1) is 11.7 Å². The maximum Gasteiger partial charge on any atom is 0.254 e. The summed E-state index contributed by atoms with van der Waals surface area (Å²) >= 11 is 0. The van der Waals surface area contributed by atoms with Gasteiger partial charge in [0, 0.05) is 25.9 Å². The Bertz CT molecular complexity index is 882. The molecule has 0 bridgehead atoms. The Morgan fingerprint density at radius 1 is 1.17 bits per heavy atom. The molecule has 1 atom stereocenters. The van der Waals surface area contributed by atoms with E-state index in [9.17, 15) is 14.0 Å². The number of morpholine rings is 1. The van der Waals surface area contributed by atoms with Gasteiger partial charge in [0.2, 0.25) is 5.91 Å². The number of nitrogens with one attached hydrogen (secondary N) is 1. The van der Waals surface area contributed by atoms with Crippen molar-refractivity contribution in [3.63, 3.8) is 0 Å². The van der Waals surface area contributed by atoms with Gasteiger partial charge in [0.25, 0.3) is 5.91 Å². The average molecular weight is 398 g/mol. The molecule has 0 aromatic heterocycles. The summed E-state index contributed by atoms with van der Waals surface area (Å²) in [6.45, 7) is 4.66. The second-order valence-electron chi connectivity index (χ2n) is 7.68. The van der Waals surface area contributed by atoms with Gasteiger partial charge in [-0.25, -0.2) is 4.39 Å². The van der Waals surface area contributed by atoms with E-state index in [0.29, 0.717) is 19.6 Å². The first-order chi connectivity index (χ1) is 13.9. The van der Waals surface area contributed by atoms with Crippen molar-refractivity contribution in [2.45, 2.75) is 25.9 Å². The number of halogens is 1. The van der Waals surface area contributed by atoms with E-state index in [1.54, 1.807) is 24.1 Å². The second-order valence-corrected chi connectivity index (χ2v) is 7.68. The van der Waals surface area contributed by atoms with E-state index in [1.807, 2.05) is 38.1 Å². The normalized spacial score (nSPS) is 19.3. The van der Waals surface area contributed by atoms with Crippen LogP contribution in [0.5, 0.6) is 0 Å². The third-order valence-electron chi connectivity index (χ3n) is 5.28. The summed E-state index contributed by atoms with van der Waals surface area (Å²) in [5, 5.41) is 2.70. The Labute approximate surface area is 170 Å². The summed E-state index contributed by atoms with van der Waals surface area (Å²) in [6.07, 6.45) is 0.308. The highest BCUT2D eigenvalue weighted by Gasteiger charge is 2.45. The van der Waals surface area contributed by atoms with Crippen LogP contribution in [0.15, 0.2) is 48.5 Å². The molecule has 2 aromatic rings. The van der Waals surface area contributed by atoms with Crippen LogP contribution in [-0.2, 0) is 20.7 Å². The summed E-state index contributed by atoms with van der Waals surface area (Å²) in [7, 11) is 1.57. The fraction of sp³-hybridized carbons (Fsp3) is 0.391. The third-order valence-corrected chi connectivity index (χ3v) is 5.28. The molecule has 29 heavy (non-hydrogen) atoms. The molecule has 3 rings (SSSR count). The highest BCUT2D eigenvalue weighted by atomic mass is 19.1. The number of benzene rings is 2. The summed E-state index contributed by atoms with van der Waals surface area (Å²) in [5.41, 5.74) is 1.50. The molecule has 0 unspecified atom stereocenters. The number of carbonyl (C=O) groups is 2. The van der Waals surface area contributed by atoms with Crippen LogP contribution in [-0.4, -0.2) is 49.1 Å². The van der Waals surface area contributed by atoms with Gasteiger partial charge >= 0.3 is 0 Å². The second kappa shape index (κ2) is 8.74.